The summed E-state index contributed by atoms with van der Waals surface area (Å²) in [7, 11) is 0. The van der Waals surface area contributed by atoms with Crippen molar-refractivity contribution in [3.8, 4) is 0 Å². The second-order valence-corrected chi connectivity index (χ2v) is 24.9. The minimum atomic E-state index is -0.775. The Morgan fingerprint density at radius 1 is 0.244 bits per heavy atom. The average Bonchev–Trinajstić information content (AvgIpc) is 3.47. The fourth-order valence-corrected chi connectivity index (χ4v) is 11.0. The minimum absolute atomic E-state index is 0.0700. The molecule has 0 N–H and O–H groups in total. The van der Waals surface area contributed by atoms with Gasteiger partial charge in [0.1, 0.15) is 13.2 Å². The topological polar surface area (TPSA) is 78.9 Å². The van der Waals surface area contributed by atoms with Crippen LogP contribution in [0.4, 0.5) is 0 Å². The maximum atomic E-state index is 13.0. The molecule has 1 unspecified atom stereocenters. The van der Waals surface area contributed by atoms with Gasteiger partial charge in [-0.15, -0.1) is 0 Å². The molecular formula is C76H140O6. The van der Waals surface area contributed by atoms with Crippen molar-refractivity contribution in [3.63, 3.8) is 0 Å². The number of carbonyl (C=O) groups excluding carboxylic acids is 3. The smallest absolute Gasteiger partial charge is 0.306 e. The molecule has 0 aromatic carbocycles. The molecule has 0 radical (unpaired) electrons. The number of rotatable bonds is 68. The van der Waals surface area contributed by atoms with Gasteiger partial charge < -0.3 is 14.2 Å². The molecule has 0 heterocycles. The van der Waals surface area contributed by atoms with E-state index < -0.39 is 6.10 Å². The molecule has 6 heteroatoms. The van der Waals surface area contributed by atoms with E-state index in [1.165, 1.54) is 289 Å². The molecule has 0 aliphatic carbocycles. The number of ether oxygens (including phenoxy) is 3. The van der Waals surface area contributed by atoms with Crippen molar-refractivity contribution >= 4 is 17.9 Å². The van der Waals surface area contributed by atoms with Crippen molar-refractivity contribution in [3.05, 3.63) is 48.6 Å². The van der Waals surface area contributed by atoms with Gasteiger partial charge in [-0.1, -0.05) is 345 Å². The highest BCUT2D eigenvalue weighted by atomic mass is 16.6. The van der Waals surface area contributed by atoms with Gasteiger partial charge in [-0.2, -0.15) is 0 Å². The third-order valence-corrected chi connectivity index (χ3v) is 16.6. The van der Waals surface area contributed by atoms with Crippen molar-refractivity contribution in [2.45, 2.75) is 406 Å². The highest BCUT2D eigenvalue weighted by molar-refractivity contribution is 5.71. The first kappa shape index (κ1) is 79.4. The molecule has 6 nitrogen and oxygen atoms in total. The zero-order chi connectivity index (χ0) is 59.2. The fraction of sp³-hybridized carbons (Fsp3) is 0.855. The molecule has 0 bridgehead atoms. The van der Waals surface area contributed by atoms with Crippen LogP contribution in [0.3, 0.4) is 0 Å². The van der Waals surface area contributed by atoms with Crippen molar-refractivity contribution in [1.82, 2.24) is 0 Å². The number of unbranched alkanes of at least 4 members (excludes halogenated alkanes) is 49. The van der Waals surface area contributed by atoms with Gasteiger partial charge in [0.05, 0.1) is 0 Å². The molecule has 0 amide bonds. The zero-order valence-electron chi connectivity index (χ0n) is 55.3. The zero-order valence-corrected chi connectivity index (χ0v) is 55.3. The molecule has 0 saturated carbocycles. The summed E-state index contributed by atoms with van der Waals surface area (Å²) in [4.78, 5) is 38.5. The molecule has 0 aliphatic heterocycles. The summed E-state index contributed by atoms with van der Waals surface area (Å²) in [6, 6.07) is 0. The second kappa shape index (κ2) is 70.9. The molecule has 0 aromatic rings. The van der Waals surface area contributed by atoms with Crippen LogP contribution in [0.15, 0.2) is 48.6 Å². The van der Waals surface area contributed by atoms with E-state index in [1.54, 1.807) is 0 Å². The summed E-state index contributed by atoms with van der Waals surface area (Å²) in [6.07, 6.45) is 89.9. The minimum Gasteiger partial charge on any atom is -0.462 e. The molecule has 0 aromatic heterocycles. The Labute approximate surface area is 511 Å². The Balaban J connectivity index is 4.31. The van der Waals surface area contributed by atoms with Crippen LogP contribution in [0.2, 0.25) is 0 Å². The van der Waals surface area contributed by atoms with Crippen LogP contribution >= 0.6 is 0 Å². The third kappa shape index (κ3) is 68.2. The summed E-state index contributed by atoms with van der Waals surface area (Å²) < 4.78 is 17.0. The molecule has 1 atom stereocenters. The first-order chi connectivity index (χ1) is 40.5. The van der Waals surface area contributed by atoms with Gasteiger partial charge in [-0.25, -0.2) is 0 Å². The first-order valence-corrected chi connectivity index (χ1v) is 36.6. The third-order valence-electron chi connectivity index (χ3n) is 16.6. The first-order valence-electron chi connectivity index (χ1n) is 36.6. The summed E-state index contributed by atoms with van der Waals surface area (Å²) in [5.41, 5.74) is 0. The maximum absolute atomic E-state index is 13.0. The van der Waals surface area contributed by atoms with Gasteiger partial charge in [0.25, 0.3) is 0 Å². The van der Waals surface area contributed by atoms with Gasteiger partial charge in [-0.05, 0) is 83.5 Å². The Morgan fingerprint density at radius 2 is 0.439 bits per heavy atom. The standard InChI is InChI=1S/C76H140O6/c1-4-7-10-13-16-19-22-25-28-31-34-36-37-38-39-41-42-45-48-51-54-57-60-63-66-69-75(78)81-72-73(71-80-74(77)68-65-62-59-56-53-50-47-44-33-30-27-24-21-18-15-12-9-6-3)82-76(79)70-67-64-61-58-55-52-49-46-43-40-35-32-29-26-23-20-17-14-11-8-5-2/h22-23,25-26,31-32,34-35,73H,4-21,24,27-30,33,36-72H2,1-3H3/b25-22-,26-23-,34-31-,35-32-. The molecule has 480 valence electrons. The summed E-state index contributed by atoms with van der Waals surface area (Å²) in [6.45, 7) is 6.69. The van der Waals surface area contributed by atoms with Crippen molar-refractivity contribution in [2.24, 2.45) is 0 Å². The Bertz CT molecular complexity index is 1410. The maximum Gasteiger partial charge on any atom is 0.306 e. The lowest BCUT2D eigenvalue weighted by Crippen LogP contribution is -2.30. The number of esters is 3. The number of hydrogen-bond donors (Lipinski definition) is 0. The van der Waals surface area contributed by atoms with E-state index in [0.29, 0.717) is 19.3 Å². The normalized spacial score (nSPS) is 12.3. The van der Waals surface area contributed by atoms with E-state index >= 15 is 0 Å². The van der Waals surface area contributed by atoms with Crippen LogP contribution in [-0.2, 0) is 28.6 Å². The van der Waals surface area contributed by atoms with Crippen molar-refractivity contribution in [2.75, 3.05) is 13.2 Å². The van der Waals surface area contributed by atoms with E-state index in [-0.39, 0.29) is 31.1 Å². The summed E-state index contributed by atoms with van der Waals surface area (Å²) >= 11 is 0. The predicted octanol–water partition coefficient (Wildman–Crippen LogP) is 25.3. The van der Waals surface area contributed by atoms with E-state index in [0.717, 1.165) is 70.6 Å². The summed E-state index contributed by atoms with van der Waals surface area (Å²) in [5.74, 6) is -0.845. The summed E-state index contributed by atoms with van der Waals surface area (Å²) in [5, 5.41) is 0. The molecule has 82 heavy (non-hydrogen) atoms. The quantitative estimate of drug-likeness (QED) is 0.0261. The highest BCUT2D eigenvalue weighted by Crippen LogP contribution is 2.18. The Kier molecular flexibility index (Phi) is 68.6. The lowest BCUT2D eigenvalue weighted by Gasteiger charge is -2.18. The van der Waals surface area contributed by atoms with Crippen LogP contribution in [0.5, 0.6) is 0 Å². The van der Waals surface area contributed by atoms with Crippen LogP contribution in [0.1, 0.15) is 400 Å². The van der Waals surface area contributed by atoms with E-state index in [1.807, 2.05) is 0 Å². The van der Waals surface area contributed by atoms with E-state index in [4.69, 9.17) is 14.2 Å². The fourth-order valence-electron chi connectivity index (χ4n) is 11.0. The number of carbonyl (C=O) groups is 3. The molecule has 0 fully saturated rings. The van der Waals surface area contributed by atoms with E-state index in [2.05, 4.69) is 69.4 Å². The molecule has 0 rings (SSSR count). The molecule has 0 saturated heterocycles. The van der Waals surface area contributed by atoms with Crippen LogP contribution < -0.4 is 0 Å². The average molecular weight is 1150 g/mol. The van der Waals surface area contributed by atoms with Gasteiger partial charge in [0.15, 0.2) is 6.10 Å². The van der Waals surface area contributed by atoms with Crippen LogP contribution in [0, 0.1) is 0 Å². The molecular weight excluding hydrogens is 1010 g/mol. The predicted molar refractivity (Wildman–Crippen MR) is 358 cm³/mol. The van der Waals surface area contributed by atoms with E-state index in [9.17, 15) is 14.4 Å². The lowest BCUT2D eigenvalue weighted by atomic mass is 10.0. The van der Waals surface area contributed by atoms with Gasteiger partial charge in [-0.3, -0.25) is 14.4 Å². The Hall–Kier alpha value is -2.63. The lowest BCUT2D eigenvalue weighted by molar-refractivity contribution is -0.167. The largest absolute Gasteiger partial charge is 0.462 e. The SMILES string of the molecule is CCCCCCC/C=C\C/C=C\CCCCCCCCCCCCCCCC(=O)OCC(COC(=O)CCCCCCCCCCCCCCCCCCCC)OC(=O)CCCCCCCCCCC/C=C\C/C=C\CCCCCCC. The Morgan fingerprint density at radius 3 is 0.671 bits per heavy atom. The van der Waals surface area contributed by atoms with Gasteiger partial charge in [0.2, 0.25) is 0 Å². The van der Waals surface area contributed by atoms with Gasteiger partial charge in [0, 0.05) is 19.3 Å². The monoisotopic (exact) mass is 1150 g/mol. The van der Waals surface area contributed by atoms with Crippen LogP contribution in [-0.4, -0.2) is 37.2 Å². The molecule has 0 spiro atoms. The van der Waals surface area contributed by atoms with Crippen LogP contribution in [0.25, 0.3) is 0 Å². The molecule has 0 aliphatic rings. The van der Waals surface area contributed by atoms with Crippen molar-refractivity contribution < 1.29 is 28.6 Å². The van der Waals surface area contributed by atoms with Crippen molar-refractivity contribution in [1.29, 1.82) is 0 Å². The highest BCUT2D eigenvalue weighted by Gasteiger charge is 2.19. The van der Waals surface area contributed by atoms with Gasteiger partial charge >= 0.3 is 17.9 Å². The second-order valence-electron chi connectivity index (χ2n) is 24.9. The number of hydrogen-bond acceptors (Lipinski definition) is 6. The number of allylic oxidation sites excluding steroid dienone is 8.